The van der Waals surface area contributed by atoms with Crippen LogP contribution in [0.4, 0.5) is 26.3 Å². The van der Waals surface area contributed by atoms with Crippen LogP contribution in [0.3, 0.4) is 0 Å². The van der Waals surface area contributed by atoms with Crippen molar-refractivity contribution in [3.05, 3.63) is 95.6 Å². The largest absolute Gasteiger partial charge is 0.490 e. The van der Waals surface area contributed by atoms with E-state index in [4.69, 9.17) is 9.47 Å². The zero-order valence-corrected chi connectivity index (χ0v) is 17.0. The third-order valence-electron chi connectivity index (χ3n) is 4.99. The van der Waals surface area contributed by atoms with Gasteiger partial charge in [0.2, 0.25) is 5.41 Å². The Labute approximate surface area is 181 Å². The monoisotopic (exact) mass is 454 g/mol. The van der Waals surface area contributed by atoms with E-state index in [1.807, 2.05) is 6.07 Å². The van der Waals surface area contributed by atoms with Gasteiger partial charge < -0.3 is 9.47 Å². The molecule has 0 fully saturated rings. The Hall–Kier alpha value is -3.16. The molecule has 3 aromatic rings. The number of aryl methyl sites for hydroxylation is 1. The van der Waals surface area contributed by atoms with Gasteiger partial charge in [-0.05, 0) is 42.3 Å². The summed E-state index contributed by atoms with van der Waals surface area (Å²) in [7, 11) is 0. The lowest BCUT2D eigenvalue weighted by Crippen LogP contribution is -2.54. The number of halogens is 6. The van der Waals surface area contributed by atoms with E-state index in [1.165, 1.54) is 12.1 Å². The normalized spacial score (nSPS) is 12.5. The van der Waals surface area contributed by atoms with Crippen LogP contribution >= 0.6 is 0 Å². The summed E-state index contributed by atoms with van der Waals surface area (Å²) < 4.78 is 95.4. The molecule has 0 spiro atoms. The van der Waals surface area contributed by atoms with E-state index in [0.717, 1.165) is 36.4 Å². The van der Waals surface area contributed by atoms with Crippen LogP contribution in [0.15, 0.2) is 78.9 Å². The molecule has 3 aromatic carbocycles. The fraction of sp³-hybridized carbons (Fsp3) is 0.250. The quantitative estimate of drug-likeness (QED) is 0.287. The molecule has 0 saturated heterocycles. The molecule has 0 aliphatic heterocycles. The Balaban J connectivity index is 1.85. The van der Waals surface area contributed by atoms with E-state index in [1.54, 1.807) is 31.2 Å². The standard InChI is InChI=1S/C24H20F6O2/c1-17-7-9-18(10-8-17)22(23(25,26)27,24(28,29)30)19-11-13-21(14-12-19)32-16-15-31-20-5-3-2-4-6-20/h2-14H,15-16H2,1H3. The van der Waals surface area contributed by atoms with Gasteiger partial charge >= 0.3 is 12.4 Å². The molecule has 0 bridgehead atoms. The first kappa shape index (κ1) is 23.5. The summed E-state index contributed by atoms with van der Waals surface area (Å²) >= 11 is 0. The zero-order chi connectivity index (χ0) is 23.4. The van der Waals surface area contributed by atoms with Gasteiger partial charge in [-0.3, -0.25) is 0 Å². The second kappa shape index (κ2) is 9.14. The highest BCUT2D eigenvalue weighted by Crippen LogP contribution is 2.56. The molecule has 32 heavy (non-hydrogen) atoms. The molecule has 170 valence electrons. The number of alkyl halides is 6. The molecular weight excluding hydrogens is 434 g/mol. The lowest BCUT2D eigenvalue weighted by molar-refractivity contribution is -0.288. The molecule has 0 heterocycles. The second-order valence-corrected chi connectivity index (χ2v) is 7.15. The van der Waals surface area contributed by atoms with Crippen LogP contribution in [-0.4, -0.2) is 25.6 Å². The van der Waals surface area contributed by atoms with Gasteiger partial charge in [0.25, 0.3) is 0 Å². The van der Waals surface area contributed by atoms with Gasteiger partial charge in [0.15, 0.2) is 0 Å². The van der Waals surface area contributed by atoms with Crippen LogP contribution in [0.1, 0.15) is 16.7 Å². The molecule has 0 atom stereocenters. The maximum atomic E-state index is 14.1. The van der Waals surface area contributed by atoms with Crippen molar-refractivity contribution in [2.24, 2.45) is 0 Å². The maximum Gasteiger partial charge on any atom is 0.411 e. The van der Waals surface area contributed by atoms with Crippen molar-refractivity contribution >= 4 is 0 Å². The minimum Gasteiger partial charge on any atom is -0.490 e. The van der Waals surface area contributed by atoms with Crippen molar-refractivity contribution in [1.82, 2.24) is 0 Å². The van der Waals surface area contributed by atoms with Crippen molar-refractivity contribution in [1.29, 1.82) is 0 Å². The van der Waals surface area contributed by atoms with E-state index < -0.39 is 28.9 Å². The predicted molar refractivity (Wildman–Crippen MR) is 108 cm³/mol. The van der Waals surface area contributed by atoms with Gasteiger partial charge in [0.1, 0.15) is 24.7 Å². The second-order valence-electron chi connectivity index (χ2n) is 7.15. The number of rotatable bonds is 7. The van der Waals surface area contributed by atoms with E-state index in [9.17, 15) is 26.3 Å². The molecule has 3 rings (SSSR count). The number of hydrogen-bond acceptors (Lipinski definition) is 2. The zero-order valence-electron chi connectivity index (χ0n) is 17.0. The van der Waals surface area contributed by atoms with Gasteiger partial charge in [-0.2, -0.15) is 26.3 Å². The van der Waals surface area contributed by atoms with Gasteiger partial charge in [0, 0.05) is 0 Å². The average molecular weight is 454 g/mol. The summed E-state index contributed by atoms with van der Waals surface area (Å²) in [6.45, 7) is 1.81. The van der Waals surface area contributed by atoms with E-state index in [-0.39, 0.29) is 19.0 Å². The van der Waals surface area contributed by atoms with Gasteiger partial charge in [-0.1, -0.05) is 60.2 Å². The summed E-state index contributed by atoms with van der Waals surface area (Å²) in [5.41, 5.74) is -5.45. The Morgan fingerprint density at radius 3 is 1.41 bits per heavy atom. The Kier molecular flexibility index (Phi) is 6.71. The lowest BCUT2D eigenvalue weighted by Gasteiger charge is -2.38. The van der Waals surface area contributed by atoms with Gasteiger partial charge in [-0.25, -0.2) is 0 Å². The molecule has 0 aromatic heterocycles. The highest BCUT2D eigenvalue weighted by molar-refractivity contribution is 5.46. The molecule has 8 heteroatoms. The maximum absolute atomic E-state index is 14.1. The van der Waals surface area contributed by atoms with Gasteiger partial charge in [-0.15, -0.1) is 0 Å². The molecule has 0 unspecified atom stereocenters. The fourth-order valence-corrected chi connectivity index (χ4v) is 3.42. The Morgan fingerprint density at radius 2 is 0.969 bits per heavy atom. The summed E-state index contributed by atoms with van der Waals surface area (Å²) in [5.74, 6) is 0.747. The van der Waals surface area contributed by atoms with Gasteiger partial charge in [0.05, 0.1) is 0 Å². The van der Waals surface area contributed by atoms with Crippen LogP contribution in [0.25, 0.3) is 0 Å². The first-order valence-corrected chi connectivity index (χ1v) is 9.67. The van der Waals surface area contributed by atoms with Crippen molar-refractivity contribution in [3.63, 3.8) is 0 Å². The molecule has 0 saturated carbocycles. The lowest BCUT2D eigenvalue weighted by atomic mass is 9.72. The smallest absolute Gasteiger partial charge is 0.411 e. The van der Waals surface area contributed by atoms with Crippen molar-refractivity contribution in [2.45, 2.75) is 24.7 Å². The molecular formula is C24H20F6O2. The molecule has 0 radical (unpaired) electrons. The topological polar surface area (TPSA) is 18.5 Å². The minimum absolute atomic E-state index is 0.0654. The minimum atomic E-state index is -5.62. The SMILES string of the molecule is Cc1ccc(C(c2ccc(OCCOc3ccccc3)cc2)(C(F)(F)F)C(F)(F)F)cc1. The van der Waals surface area contributed by atoms with E-state index in [0.29, 0.717) is 11.3 Å². The third-order valence-corrected chi connectivity index (χ3v) is 4.99. The third kappa shape index (κ3) is 4.69. The highest BCUT2D eigenvalue weighted by atomic mass is 19.4. The number of ether oxygens (including phenoxy) is 2. The Morgan fingerprint density at radius 1 is 0.562 bits per heavy atom. The first-order valence-electron chi connectivity index (χ1n) is 9.67. The molecule has 2 nitrogen and oxygen atoms in total. The number of hydrogen-bond donors (Lipinski definition) is 0. The molecule has 0 aliphatic carbocycles. The number of benzene rings is 3. The van der Waals surface area contributed by atoms with Crippen LogP contribution in [0.2, 0.25) is 0 Å². The highest BCUT2D eigenvalue weighted by Gasteiger charge is 2.72. The van der Waals surface area contributed by atoms with Crippen molar-refractivity contribution in [2.75, 3.05) is 13.2 Å². The summed E-state index contributed by atoms with van der Waals surface area (Å²) in [4.78, 5) is 0. The fourth-order valence-electron chi connectivity index (χ4n) is 3.42. The average Bonchev–Trinajstić information content (AvgIpc) is 2.73. The summed E-state index contributed by atoms with van der Waals surface area (Å²) in [5, 5.41) is 0. The first-order chi connectivity index (χ1) is 15.1. The Bertz CT molecular complexity index is 980. The summed E-state index contributed by atoms with van der Waals surface area (Å²) in [6.07, 6.45) is -11.2. The number of para-hydroxylation sites is 1. The van der Waals surface area contributed by atoms with Crippen LogP contribution in [0.5, 0.6) is 11.5 Å². The molecule has 0 N–H and O–H groups in total. The van der Waals surface area contributed by atoms with Crippen LogP contribution in [0, 0.1) is 6.92 Å². The van der Waals surface area contributed by atoms with Crippen molar-refractivity contribution < 1.29 is 35.8 Å². The van der Waals surface area contributed by atoms with Crippen LogP contribution in [-0.2, 0) is 5.41 Å². The molecule has 0 amide bonds. The van der Waals surface area contributed by atoms with E-state index in [2.05, 4.69) is 0 Å². The molecule has 0 aliphatic rings. The predicted octanol–water partition coefficient (Wildman–Crippen LogP) is 6.86. The van der Waals surface area contributed by atoms with Crippen LogP contribution < -0.4 is 9.47 Å². The van der Waals surface area contributed by atoms with Crippen molar-refractivity contribution in [3.8, 4) is 11.5 Å². The summed E-state index contributed by atoms with van der Waals surface area (Å²) in [6, 6.07) is 16.9. The van der Waals surface area contributed by atoms with E-state index >= 15 is 0 Å².